The Bertz CT molecular complexity index is 378. The van der Waals surface area contributed by atoms with Crippen LogP contribution in [0.2, 0.25) is 5.02 Å². The van der Waals surface area contributed by atoms with Crippen molar-refractivity contribution in [1.82, 2.24) is 10.2 Å². The normalized spacial score (nSPS) is 19.9. The largest absolute Gasteiger partial charge is 0.387 e. The molecule has 0 amide bonds. The van der Waals surface area contributed by atoms with Crippen LogP contribution in [0.15, 0.2) is 24.3 Å². The molecule has 1 aromatic rings. The Hall–Kier alpha value is -0.610. The second-order valence-electron chi connectivity index (χ2n) is 5.02. The Morgan fingerprint density at radius 3 is 2.72 bits per heavy atom. The molecule has 2 rings (SSSR count). The van der Waals surface area contributed by atoms with E-state index in [4.69, 9.17) is 11.6 Å². The molecule has 1 atom stereocenters. The summed E-state index contributed by atoms with van der Waals surface area (Å²) in [6, 6.07) is 7.99. The zero-order valence-corrected chi connectivity index (χ0v) is 11.5. The fourth-order valence-corrected chi connectivity index (χ4v) is 2.61. The number of nitrogens with zero attached hydrogens (tertiary/aromatic N) is 1. The molecule has 1 heterocycles. The lowest BCUT2D eigenvalue weighted by Crippen LogP contribution is -2.42. The van der Waals surface area contributed by atoms with Gasteiger partial charge in [-0.05, 0) is 39.0 Å². The molecule has 18 heavy (non-hydrogen) atoms. The van der Waals surface area contributed by atoms with Gasteiger partial charge in [0, 0.05) is 23.2 Å². The average Bonchev–Trinajstić information content (AvgIpc) is 2.38. The quantitative estimate of drug-likeness (QED) is 0.878. The number of rotatable bonds is 4. The van der Waals surface area contributed by atoms with Gasteiger partial charge >= 0.3 is 0 Å². The maximum Gasteiger partial charge on any atom is 0.0928 e. The molecule has 2 N–H and O–H groups in total. The molecule has 3 nitrogen and oxygen atoms in total. The Morgan fingerprint density at radius 2 is 2.06 bits per heavy atom. The van der Waals surface area contributed by atoms with Crippen LogP contribution in [0, 0.1) is 0 Å². The maximum atomic E-state index is 10.1. The first-order valence-corrected chi connectivity index (χ1v) is 6.89. The van der Waals surface area contributed by atoms with E-state index in [1.807, 2.05) is 24.3 Å². The molecular formula is C14H21ClN2O. The van der Waals surface area contributed by atoms with Crippen LogP contribution in [0.3, 0.4) is 0 Å². The highest BCUT2D eigenvalue weighted by atomic mass is 35.5. The highest BCUT2D eigenvalue weighted by molar-refractivity contribution is 6.31. The van der Waals surface area contributed by atoms with E-state index in [0.717, 1.165) is 31.5 Å². The Kier molecular flexibility index (Phi) is 5.01. The zero-order valence-electron chi connectivity index (χ0n) is 10.8. The van der Waals surface area contributed by atoms with Crippen molar-refractivity contribution < 1.29 is 5.11 Å². The molecule has 1 aromatic carbocycles. The molecule has 0 saturated carbocycles. The number of hydrogen-bond acceptors (Lipinski definition) is 3. The van der Waals surface area contributed by atoms with Crippen LogP contribution in [-0.2, 0) is 0 Å². The van der Waals surface area contributed by atoms with Crippen LogP contribution in [0.1, 0.15) is 24.5 Å². The van der Waals surface area contributed by atoms with Crippen molar-refractivity contribution in [1.29, 1.82) is 0 Å². The van der Waals surface area contributed by atoms with Crippen LogP contribution in [0.25, 0.3) is 0 Å². The van der Waals surface area contributed by atoms with Gasteiger partial charge in [-0.15, -0.1) is 0 Å². The fourth-order valence-electron chi connectivity index (χ4n) is 2.35. The van der Waals surface area contributed by atoms with Gasteiger partial charge in [0.2, 0.25) is 0 Å². The second-order valence-corrected chi connectivity index (χ2v) is 5.43. The summed E-state index contributed by atoms with van der Waals surface area (Å²) in [4.78, 5) is 2.34. The van der Waals surface area contributed by atoms with Crippen LogP contribution in [-0.4, -0.2) is 42.7 Å². The zero-order chi connectivity index (χ0) is 13.0. The summed E-state index contributed by atoms with van der Waals surface area (Å²) in [5.41, 5.74) is 0.805. The SMILES string of the molecule is CN1CCC(NCC(O)c2ccccc2Cl)CC1. The highest BCUT2D eigenvalue weighted by Gasteiger charge is 2.18. The summed E-state index contributed by atoms with van der Waals surface area (Å²) in [6.07, 6.45) is 1.76. The van der Waals surface area contributed by atoms with E-state index in [0.29, 0.717) is 17.6 Å². The van der Waals surface area contributed by atoms with Crippen molar-refractivity contribution in [3.8, 4) is 0 Å². The summed E-state index contributed by atoms with van der Waals surface area (Å²) in [7, 11) is 2.15. The molecular weight excluding hydrogens is 248 g/mol. The third-order valence-electron chi connectivity index (χ3n) is 3.58. The van der Waals surface area contributed by atoms with Gasteiger partial charge in [0.15, 0.2) is 0 Å². The van der Waals surface area contributed by atoms with Crippen LogP contribution in [0.5, 0.6) is 0 Å². The van der Waals surface area contributed by atoms with Crippen molar-refractivity contribution in [3.63, 3.8) is 0 Å². The summed E-state index contributed by atoms with van der Waals surface area (Å²) in [5.74, 6) is 0. The molecule has 0 spiro atoms. The minimum absolute atomic E-state index is 0.512. The van der Waals surface area contributed by atoms with E-state index < -0.39 is 6.10 Å². The number of nitrogens with one attached hydrogen (secondary N) is 1. The first kappa shape index (κ1) is 13.8. The third-order valence-corrected chi connectivity index (χ3v) is 3.93. The van der Waals surface area contributed by atoms with Gasteiger partial charge in [0.25, 0.3) is 0 Å². The molecule has 100 valence electrons. The topological polar surface area (TPSA) is 35.5 Å². The molecule has 1 aliphatic rings. The Balaban J connectivity index is 1.81. The molecule has 0 aliphatic carbocycles. The van der Waals surface area contributed by atoms with E-state index in [-0.39, 0.29) is 0 Å². The minimum atomic E-state index is -0.529. The lowest BCUT2D eigenvalue weighted by molar-refractivity contribution is 0.158. The minimum Gasteiger partial charge on any atom is -0.387 e. The summed E-state index contributed by atoms with van der Waals surface area (Å²) in [5, 5.41) is 14.2. The van der Waals surface area contributed by atoms with E-state index in [1.165, 1.54) is 0 Å². The van der Waals surface area contributed by atoms with Gasteiger partial charge in [0.05, 0.1) is 6.10 Å². The van der Waals surface area contributed by atoms with Crippen molar-refractivity contribution in [2.45, 2.75) is 25.0 Å². The van der Waals surface area contributed by atoms with Gasteiger partial charge in [-0.3, -0.25) is 0 Å². The number of hydrogen-bond donors (Lipinski definition) is 2. The van der Waals surface area contributed by atoms with Gasteiger partial charge in [0.1, 0.15) is 0 Å². The van der Waals surface area contributed by atoms with E-state index in [2.05, 4.69) is 17.3 Å². The molecule has 1 aliphatic heterocycles. The van der Waals surface area contributed by atoms with Crippen LogP contribution < -0.4 is 5.32 Å². The number of halogens is 1. The number of piperidine rings is 1. The number of benzene rings is 1. The van der Waals surface area contributed by atoms with Crippen molar-refractivity contribution in [3.05, 3.63) is 34.9 Å². The molecule has 1 saturated heterocycles. The van der Waals surface area contributed by atoms with E-state index >= 15 is 0 Å². The summed E-state index contributed by atoms with van der Waals surface area (Å²) < 4.78 is 0. The fraction of sp³-hybridized carbons (Fsp3) is 0.571. The molecule has 0 aromatic heterocycles. The van der Waals surface area contributed by atoms with Gasteiger partial charge in [-0.2, -0.15) is 0 Å². The summed E-state index contributed by atoms with van der Waals surface area (Å²) in [6.45, 7) is 2.82. The van der Waals surface area contributed by atoms with Crippen molar-refractivity contribution >= 4 is 11.6 Å². The van der Waals surface area contributed by atoms with Crippen molar-refractivity contribution in [2.75, 3.05) is 26.7 Å². The van der Waals surface area contributed by atoms with Crippen molar-refractivity contribution in [2.24, 2.45) is 0 Å². The molecule has 1 unspecified atom stereocenters. The van der Waals surface area contributed by atoms with Crippen LogP contribution >= 0.6 is 11.6 Å². The average molecular weight is 269 g/mol. The Labute approximate surface area is 114 Å². The number of aliphatic hydroxyl groups excluding tert-OH is 1. The lowest BCUT2D eigenvalue weighted by Gasteiger charge is -2.30. The van der Waals surface area contributed by atoms with Gasteiger partial charge in [-0.25, -0.2) is 0 Å². The molecule has 4 heteroatoms. The monoisotopic (exact) mass is 268 g/mol. The van der Waals surface area contributed by atoms with E-state index in [9.17, 15) is 5.11 Å². The van der Waals surface area contributed by atoms with Gasteiger partial charge < -0.3 is 15.3 Å². The summed E-state index contributed by atoms with van der Waals surface area (Å²) >= 11 is 6.07. The van der Waals surface area contributed by atoms with Gasteiger partial charge in [-0.1, -0.05) is 29.8 Å². The number of likely N-dealkylation sites (tertiary alicyclic amines) is 1. The third kappa shape index (κ3) is 3.69. The lowest BCUT2D eigenvalue weighted by atomic mass is 10.0. The molecule has 0 bridgehead atoms. The predicted molar refractivity (Wildman–Crippen MR) is 74.9 cm³/mol. The standard InChI is InChI=1S/C14H21ClN2O/c1-17-8-6-11(7-9-17)16-10-14(18)12-4-2-3-5-13(12)15/h2-5,11,14,16,18H,6-10H2,1H3. The van der Waals surface area contributed by atoms with E-state index in [1.54, 1.807) is 0 Å². The number of aliphatic hydroxyl groups is 1. The second kappa shape index (κ2) is 6.53. The molecule has 1 fully saturated rings. The first-order valence-electron chi connectivity index (χ1n) is 6.51. The highest BCUT2D eigenvalue weighted by Crippen LogP contribution is 2.22. The van der Waals surface area contributed by atoms with Crippen LogP contribution in [0.4, 0.5) is 0 Å². The predicted octanol–water partition coefficient (Wildman–Crippen LogP) is 2.06. The molecule has 0 radical (unpaired) electrons. The maximum absolute atomic E-state index is 10.1. The Morgan fingerprint density at radius 1 is 1.39 bits per heavy atom. The smallest absolute Gasteiger partial charge is 0.0928 e. The first-order chi connectivity index (χ1) is 8.66.